The first-order valence-electron chi connectivity index (χ1n) is 8.55. The third kappa shape index (κ3) is 3.07. The highest BCUT2D eigenvalue weighted by atomic mass is 32.1. The molecule has 3 aromatic rings. The predicted octanol–water partition coefficient (Wildman–Crippen LogP) is 3.57. The summed E-state index contributed by atoms with van der Waals surface area (Å²) in [5.41, 5.74) is 3.47. The van der Waals surface area contributed by atoms with Crippen LogP contribution in [0.4, 0.5) is 0 Å². The average molecular weight is 365 g/mol. The minimum absolute atomic E-state index is 0.416. The van der Waals surface area contributed by atoms with Gasteiger partial charge in [0.2, 0.25) is 0 Å². The minimum atomic E-state index is -0.530. The molecule has 0 unspecified atom stereocenters. The van der Waals surface area contributed by atoms with Crippen LogP contribution in [0.1, 0.15) is 27.7 Å². The molecule has 1 aliphatic rings. The van der Waals surface area contributed by atoms with E-state index in [1.807, 2.05) is 70.3 Å². The summed E-state index contributed by atoms with van der Waals surface area (Å²) in [5, 5.41) is 0. The lowest BCUT2D eigenvalue weighted by molar-refractivity contribution is 0.00578. The Morgan fingerprint density at radius 1 is 0.962 bits per heavy atom. The maximum Gasteiger partial charge on any atom is 0.514 e. The molecule has 1 aliphatic heterocycles. The van der Waals surface area contributed by atoms with Gasteiger partial charge in [-0.15, -0.1) is 11.3 Å². The number of hydrogen-bond acceptors (Lipinski definition) is 6. The van der Waals surface area contributed by atoms with E-state index in [0.717, 1.165) is 21.7 Å². The Balaban J connectivity index is 1.81. The molecule has 0 amide bonds. The van der Waals surface area contributed by atoms with Gasteiger partial charge in [0.05, 0.1) is 32.9 Å². The van der Waals surface area contributed by atoms with Gasteiger partial charge >= 0.3 is 7.12 Å². The monoisotopic (exact) mass is 365 g/mol. The fraction of sp³-hybridized carbons (Fsp3) is 0.316. The lowest BCUT2D eigenvalue weighted by Gasteiger charge is -2.32. The van der Waals surface area contributed by atoms with E-state index in [2.05, 4.69) is 4.98 Å². The van der Waals surface area contributed by atoms with Crippen molar-refractivity contribution in [1.82, 2.24) is 15.0 Å². The molecule has 0 radical (unpaired) electrons. The quantitative estimate of drug-likeness (QED) is 0.665. The Kier molecular flexibility index (Phi) is 4.18. The first-order chi connectivity index (χ1) is 12.4. The zero-order chi connectivity index (χ0) is 18.4. The zero-order valence-electron chi connectivity index (χ0n) is 15.3. The Hall–Kier alpha value is -2.09. The highest BCUT2D eigenvalue weighted by molar-refractivity contribution is 7.13. The summed E-state index contributed by atoms with van der Waals surface area (Å²) in [4.78, 5) is 14.6. The van der Waals surface area contributed by atoms with E-state index >= 15 is 0 Å². The topological polar surface area (TPSA) is 57.1 Å². The van der Waals surface area contributed by atoms with Crippen LogP contribution in [0.2, 0.25) is 0 Å². The van der Waals surface area contributed by atoms with Gasteiger partial charge in [-0.1, -0.05) is 30.3 Å². The second-order valence-electron chi connectivity index (χ2n) is 7.32. The summed E-state index contributed by atoms with van der Waals surface area (Å²) in [6.07, 6.45) is 1.82. The van der Waals surface area contributed by atoms with E-state index in [1.54, 1.807) is 16.8 Å². The highest BCUT2D eigenvalue weighted by Gasteiger charge is 2.52. The third-order valence-corrected chi connectivity index (χ3v) is 5.75. The van der Waals surface area contributed by atoms with Gasteiger partial charge < -0.3 is 9.31 Å². The highest BCUT2D eigenvalue weighted by Crippen LogP contribution is 2.36. The van der Waals surface area contributed by atoms with Crippen molar-refractivity contribution in [3.63, 3.8) is 0 Å². The summed E-state index contributed by atoms with van der Waals surface area (Å²) in [7, 11) is -0.530. The number of thiazole rings is 1. The van der Waals surface area contributed by atoms with Crippen LogP contribution in [0.5, 0.6) is 0 Å². The minimum Gasteiger partial charge on any atom is -0.398 e. The maximum absolute atomic E-state index is 6.19. The largest absolute Gasteiger partial charge is 0.514 e. The molecule has 1 fully saturated rings. The summed E-state index contributed by atoms with van der Waals surface area (Å²) in [6, 6.07) is 11.9. The van der Waals surface area contributed by atoms with E-state index in [-0.39, 0.29) is 0 Å². The predicted molar refractivity (Wildman–Crippen MR) is 104 cm³/mol. The molecule has 3 heterocycles. The van der Waals surface area contributed by atoms with Crippen molar-refractivity contribution in [1.29, 1.82) is 0 Å². The van der Waals surface area contributed by atoms with Crippen molar-refractivity contribution < 1.29 is 9.31 Å². The number of hydrogen-bond donors (Lipinski definition) is 0. The second-order valence-corrected chi connectivity index (χ2v) is 8.21. The van der Waals surface area contributed by atoms with Crippen LogP contribution in [-0.2, 0) is 9.31 Å². The van der Waals surface area contributed by atoms with E-state index in [0.29, 0.717) is 5.82 Å². The van der Waals surface area contributed by atoms with Crippen LogP contribution in [0.25, 0.3) is 22.0 Å². The van der Waals surface area contributed by atoms with Crippen LogP contribution in [0.15, 0.2) is 48.1 Å². The summed E-state index contributed by atoms with van der Waals surface area (Å²) >= 11 is 1.55. The molecule has 7 heteroatoms. The number of benzene rings is 1. The van der Waals surface area contributed by atoms with E-state index in [1.165, 1.54) is 0 Å². The van der Waals surface area contributed by atoms with Crippen LogP contribution >= 0.6 is 11.3 Å². The maximum atomic E-state index is 6.19. The van der Waals surface area contributed by atoms with Crippen LogP contribution in [0, 0.1) is 0 Å². The van der Waals surface area contributed by atoms with Gasteiger partial charge in [-0.3, -0.25) is 4.98 Å². The molecule has 0 bridgehead atoms. The van der Waals surface area contributed by atoms with Crippen molar-refractivity contribution in [2.24, 2.45) is 0 Å². The average Bonchev–Trinajstić information content (AvgIpc) is 3.22. The Morgan fingerprint density at radius 2 is 1.65 bits per heavy atom. The van der Waals surface area contributed by atoms with Gasteiger partial charge in [-0.2, -0.15) is 0 Å². The van der Waals surface area contributed by atoms with Crippen molar-refractivity contribution in [3.05, 3.63) is 48.1 Å². The molecule has 132 valence electrons. The molecule has 0 aliphatic carbocycles. The Labute approximate surface area is 157 Å². The Bertz CT molecular complexity index is 898. The molecule has 0 spiro atoms. The molecule has 0 saturated carbocycles. The molecule has 26 heavy (non-hydrogen) atoms. The van der Waals surface area contributed by atoms with Crippen LogP contribution in [0.3, 0.4) is 0 Å². The van der Waals surface area contributed by atoms with Gasteiger partial charge in [0.1, 0.15) is 0 Å². The molecule has 5 nitrogen and oxygen atoms in total. The second kappa shape index (κ2) is 6.26. The summed E-state index contributed by atoms with van der Waals surface area (Å²) < 4.78 is 12.4. The van der Waals surface area contributed by atoms with Gasteiger partial charge in [0, 0.05) is 11.8 Å². The van der Waals surface area contributed by atoms with Gasteiger partial charge in [0.25, 0.3) is 0 Å². The van der Waals surface area contributed by atoms with Gasteiger partial charge in [-0.25, -0.2) is 9.97 Å². The first-order valence-corrected chi connectivity index (χ1v) is 9.43. The molecule has 4 rings (SSSR count). The smallest absolute Gasteiger partial charge is 0.398 e. The normalized spacial score (nSPS) is 18.2. The van der Waals surface area contributed by atoms with E-state index in [4.69, 9.17) is 19.3 Å². The summed E-state index contributed by atoms with van der Waals surface area (Å²) in [6.45, 7) is 8.15. The van der Waals surface area contributed by atoms with E-state index < -0.39 is 18.3 Å². The summed E-state index contributed by atoms with van der Waals surface area (Å²) in [5.74, 6) is 0.654. The zero-order valence-corrected chi connectivity index (χ0v) is 16.1. The third-order valence-electron chi connectivity index (χ3n) is 4.96. The van der Waals surface area contributed by atoms with Crippen LogP contribution < -0.4 is 5.59 Å². The van der Waals surface area contributed by atoms with Crippen molar-refractivity contribution >= 4 is 24.0 Å². The van der Waals surface area contributed by atoms with E-state index in [9.17, 15) is 0 Å². The SMILES string of the molecule is CC1(C)OB(c2cc(-c3cncs3)nc(-c3ccccc3)n2)OC1(C)C. The molecule has 2 aromatic heterocycles. The number of aromatic nitrogens is 3. The van der Waals surface area contributed by atoms with Gasteiger partial charge in [-0.05, 0) is 33.8 Å². The Morgan fingerprint density at radius 3 is 2.27 bits per heavy atom. The fourth-order valence-corrected chi connectivity index (χ4v) is 3.32. The van der Waals surface area contributed by atoms with Crippen molar-refractivity contribution in [2.75, 3.05) is 0 Å². The molecule has 1 saturated heterocycles. The fourth-order valence-electron chi connectivity index (χ4n) is 2.74. The first kappa shape index (κ1) is 17.3. The van der Waals surface area contributed by atoms with Crippen LogP contribution in [-0.4, -0.2) is 33.3 Å². The number of nitrogens with zero attached hydrogens (tertiary/aromatic N) is 3. The molecule has 1 aromatic carbocycles. The van der Waals surface area contributed by atoms with Gasteiger partial charge in [0.15, 0.2) is 5.82 Å². The molecular weight excluding hydrogens is 345 g/mol. The number of rotatable bonds is 3. The molecule has 0 N–H and O–H groups in total. The standard InChI is InChI=1S/C19H20BN3O2S/c1-18(2)19(3,4)25-20(24-18)16-10-14(15-11-21-12-26-15)22-17(23-16)13-8-6-5-7-9-13/h5-12H,1-4H3. The van der Waals surface area contributed by atoms with Crippen molar-refractivity contribution in [2.45, 2.75) is 38.9 Å². The molecular formula is C19H20BN3O2S. The lowest BCUT2D eigenvalue weighted by atomic mass is 9.84. The lowest BCUT2D eigenvalue weighted by Crippen LogP contribution is -2.41. The van der Waals surface area contributed by atoms with Crippen molar-refractivity contribution in [3.8, 4) is 22.0 Å². The molecule has 0 atom stereocenters.